The average molecular weight is 229 g/mol. The van der Waals surface area contributed by atoms with Gasteiger partial charge in [0.25, 0.3) is 0 Å². The van der Waals surface area contributed by atoms with Crippen molar-refractivity contribution in [2.24, 2.45) is 5.73 Å². The molecule has 16 heavy (non-hydrogen) atoms. The summed E-state index contributed by atoms with van der Waals surface area (Å²) in [5, 5.41) is 8.99. The molecular formula is C11H23N3O2. The normalized spacial score (nSPS) is 32.3. The number of piperazine rings is 1. The summed E-state index contributed by atoms with van der Waals surface area (Å²) in [6.45, 7) is 8.03. The van der Waals surface area contributed by atoms with Crippen LogP contribution in [-0.4, -0.2) is 65.2 Å². The third-order valence-corrected chi connectivity index (χ3v) is 3.48. The maximum absolute atomic E-state index is 11.0. The minimum absolute atomic E-state index is 0.408. The van der Waals surface area contributed by atoms with Crippen LogP contribution in [0.25, 0.3) is 0 Å². The third-order valence-electron chi connectivity index (χ3n) is 3.48. The number of nitrogens with two attached hydrogens (primary N) is 1. The van der Waals surface area contributed by atoms with Gasteiger partial charge in [0.15, 0.2) is 0 Å². The molecule has 1 saturated heterocycles. The van der Waals surface area contributed by atoms with Gasteiger partial charge in [0.05, 0.1) is 0 Å². The van der Waals surface area contributed by atoms with Gasteiger partial charge in [-0.05, 0) is 27.8 Å². The molecule has 0 radical (unpaired) electrons. The van der Waals surface area contributed by atoms with Crippen LogP contribution in [0, 0.1) is 0 Å². The molecule has 0 amide bonds. The van der Waals surface area contributed by atoms with Crippen LogP contribution in [0.15, 0.2) is 0 Å². The van der Waals surface area contributed by atoms with Gasteiger partial charge in [-0.3, -0.25) is 14.6 Å². The maximum Gasteiger partial charge on any atom is 0.324 e. The van der Waals surface area contributed by atoms with Gasteiger partial charge in [0.2, 0.25) is 0 Å². The van der Waals surface area contributed by atoms with E-state index in [9.17, 15) is 4.79 Å². The molecule has 1 aliphatic rings. The fourth-order valence-electron chi connectivity index (χ4n) is 2.18. The highest BCUT2D eigenvalue weighted by atomic mass is 16.4. The first-order valence-electron chi connectivity index (χ1n) is 5.70. The lowest BCUT2D eigenvalue weighted by Crippen LogP contribution is -2.61. The Hall–Kier alpha value is -0.650. The van der Waals surface area contributed by atoms with Crippen molar-refractivity contribution in [3.8, 4) is 0 Å². The second kappa shape index (κ2) is 4.69. The highest BCUT2D eigenvalue weighted by Gasteiger charge is 2.34. The van der Waals surface area contributed by atoms with Gasteiger partial charge in [-0.15, -0.1) is 0 Å². The number of carbonyl (C=O) groups is 1. The third kappa shape index (κ3) is 2.93. The summed E-state index contributed by atoms with van der Waals surface area (Å²) < 4.78 is 0. The van der Waals surface area contributed by atoms with Crippen LogP contribution in [0.5, 0.6) is 0 Å². The Kier molecular flexibility index (Phi) is 3.93. The monoisotopic (exact) mass is 229 g/mol. The lowest BCUT2D eigenvalue weighted by atomic mass is 10.0. The van der Waals surface area contributed by atoms with E-state index in [0.717, 1.165) is 13.1 Å². The molecule has 3 N–H and O–H groups in total. The largest absolute Gasteiger partial charge is 0.480 e. The second-order valence-corrected chi connectivity index (χ2v) is 5.28. The van der Waals surface area contributed by atoms with Crippen molar-refractivity contribution in [2.45, 2.75) is 38.4 Å². The van der Waals surface area contributed by atoms with Crippen molar-refractivity contribution in [2.75, 3.05) is 26.7 Å². The van der Waals surface area contributed by atoms with Crippen LogP contribution in [0.2, 0.25) is 0 Å². The molecule has 0 aromatic rings. The summed E-state index contributed by atoms with van der Waals surface area (Å²) in [7, 11) is 2.10. The molecule has 0 aromatic heterocycles. The summed E-state index contributed by atoms with van der Waals surface area (Å²) in [6, 6.07) is 0.877. The summed E-state index contributed by atoms with van der Waals surface area (Å²) in [6.07, 6.45) is 0. The standard InChI is InChI=1S/C11H23N3O2/c1-8-5-14(6-9(2)13(8)4)7-11(3,12)10(15)16/h8-9H,5-7,12H2,1-4H3,(H,15,16). The first kappa shape index (κ1) is 13.4. The number of hydrogen-bond donors (Lipinski definition) is 2. The number of carboxylic acid groups (broad SMARTS) is 1. The van der Waals surface area contributed by atoms with Crippen LogP contribution in [-0.2, 0) is 4.79 Å². The second-order valence-electron chi connectivity index (χ2n) is 5.28. The summed E-state index contributed by atoms with van der Waals surface area (Å²) in [4.78, 5) is 15.4. The molecule has 3 atom stereocenters. The van der Waals surface area contributed by atoms with Crippen molar-refractivity contribution in [3.63, 3.8) is 0 Å². The quantitative estimate of drug-likeness (QED) is 0.702. The Morgan fingerprint density at radius 3 is 2.25 bits per heavy atom. The van der Waals surface area contributed by atoms with Crippen molar-refractivity contribution >= 4 is 5.97 Å². The minimum atomic E-state index is -1.16. The Morgan fingerprint density at radius 1 is 1.44 bits per heavy atom. The van der Waals surface area contributed by atoms with Gasteiger partial charge in [0, 0.05) is 31.7 Å². The van der Waals surface area contributed by atoms with Gasteiger partial charge in [-0.2, -0.15) is 0 Å². The van der Waals surface area contributed by atoms with E-state index in [0.29, 0.717) is 18.6 Å². The summed E-state index contributed by atoms with van der Waals surface area (Å²) >= 11 is 0. The molecule has 0 aliphatic carbocycles. The molecule has 5 heteroatoms. The number of rotatable bonds is 3. The molecule has 0 aromatic carbocycles. The highest BCUT2D eigenvalue weighted by Crippen LogP contribution is 2.15. The van der Waals surface area contributed by atoms with Gasteiger partial charge in [-0.1, -0.05) is 0 Å². The zero-order valence-corrected chi connectivity index (χ0v) is 10.6. The summed E-state index contributed by atoms with van der Waals surface area (Å²) in [5.74, 6) is -0.938. The number of hydrogen-bond acceptors (Lipinski definition) is 4. The van der Waals surface area contributed by atoms with Crippen LogP contribution in [0.3, 0.4) is 0 Å². The van der Waals surface area contributed by atoms with E-state index >= 15 is 0 Å². The molecule has 1 heterocycles. The lowest BCUT2D eigenvalue weighted by Gasteiger charge is -2.44. The van der Waals surface area contributed by atoms with E-state index < -0.39 is 11.5 Å². The first-order chi connectivity index (χ1) is 7.24. The topological polar surface area (TPSA) is 69.8 Å². The van der Waals surface area contributed by atoms with Gasteiger partial charge < -0.3 is 10.8 Å². The fourth-order valence-corrected chi connectivity index (χ4v) is 2.18. The molecule has 3 unspecified atom stereocenters. The van der Waals surface area contributed by atoms with Crippen LogP contribution in [0.1, 0.15) is 20.8 Å². The zero-order chi connectivity index (χ0) is 12.5. The van der Waals surface area contributed by atoms with Crippen molar-refractivity contribution in [1.29, 1.82) is 0 Å². The van der Waals surface area contributed by atoms with E-state index in [1.165, 1.54) is 0 Å². The predicted octanol–water partition coefficient (Wildman–Crippen LogP) is -0.187. The first-order valence-corrected chi connectivity index (χ1v) is 5.70. The maximum atomic E-state index is 11.0. The van der Waals surface area contributed by atoms with Crippen LogP contribution >= 0.6 is 0 Å². The van der Waals surface area contributed by atoms with Crippen molar-refractivity contribution in [1.82, 2.24) is 9.80 Å². The Labute approximate surface area is 97.2 Å². The van der Waals surface area contributed by atoms with Crippen LogP contribution in [0.4, 0.5) is 0 Å². The molecular weight excluding hydrogens is 206 g/mol. The smallest absolute Gasteiger partial charge is 0.324 e. The molecule has 0 spiro atoms. The number of carboxylic acids is 1. The molecule has 1 rings (SSSR count). The Bertz CT molecular complexity index is 256. The Balaban J connectivity index is 2.60. The average Bonchev–Trinajstić information content (AvgIpc) is 2.13. The van der Waals surface area contributed by atoms with Crippen molar-refractivity contribution in [3.05, 3.63) is 0 Å². The predicted molar refractivity (Wildman–Crippen MR) is 63.4 cm³/mol. The Morgan fingerprint density at radius 2 is 1.88 bits per heavy atom. The fraction of sp³-hybridized carbons (Fsp3) is 0.909. The van der Waals surface area contributed by atoms with Gasteiger partial charge in [0.1, 0.15) is 5.54 Å². The van der Waals surface area contributed by atoms with Gasteiger partial charge in [-0.25, -0.2) is 0 Å². The van der Waals surface area contributed by atoms with E-state index in [2.05, 4.69) is 30.7 Å². The minimum Gasteiger partial charge on any atom is -0.480 e. The van der Waals surface area contributed by atoms with E-state index in [4.69, 9.17) is 10.8 Å². The number of aliphatic carboxylic acids is 1. The molecule has 94 valence electrons. The zero-order valence-electron chi connectivity index (χ0n) is 10.6. The highest BCUT2D eigenvalue weighted by molar-refractivity contribution is 5.78. The number of likely N-dealkylation sites (N-methyl/N-ethyl adjacent to an activating group) is 1. The van der Waals surface area contributed by atoms with E-state index in [1.54, 1.807) is 6.92 Å². The number of nitrogens with zero attached hydrogens (tertiary/aromatic N) is 2. The summed E-state index contributed by atoms with van der Waals surface area (Å²) in [5.41, 5.74) is 4.60. The SMILES string of the molecule is CC1CN(CC(C)(N)C(=O)O)CC(C)N1C. The lowest BCUT2D eigenvalue weighted by molar-refractivity contribution is -0.143. The van der Waals surface area contributed by atoms with Crippen molar-refractivity contribution < 1.29 is 9.90 Å². The molecule has 0 bridgehead atoms. The molecule has 1 fully saturated rings. The van der Waals surface area contributed by atoms with Crippen LogP contribution < -0.4 is 5.73 Å². The van der Waals surface area contributed by atoms with E-state index in [-0.39, 0.29) is 0 Å². The molecule has 0 saturated carbocycles. The molecule has 1 aliphatic heterocycles. The van der Waals surface area contributed by atoms with Gasteiger partial charge >= 0.3 is 5.97 Å². The van der Waals surface area contributed by atoms with E-state index in [1.807, 2.05) is 0 Å². The molecule has 5 nitrogen and oxygen atoms in total.